The van der Waals surface area contributed by atoms with E-state index in [0.717, 1.165) is 4.90 Å². The Labute approximate surface area is 222 Å². The van der Waals surface area contributed by atoms with E-state index in [1.165, 1.54) is 6.33 Å². The summed E-state index contributed by atoms with van der Waals surface area (Å²) in [5, 5.41) is 0.120. The van der Waals surface area contributed by atoms with E-state index in [4.69, 9.17) is 25.5 Å². The summed E-state index contributed by atoms with van der Waals surface area (Å²) in [5.41, 5.74) is -0.320. The van der Waals surface area contributed by atoms with Crippen molar-refractivity contribution in [3.8, 4) is 0 Å². The third-order valence-corrected chi connectivity index (χ3v) is 12.8. The third-order valence-electron chi connectivity index (χ3n) is 6.65. The van der Waals surface area contributed by atoms with Crippen LogP contribution >= 0.6 is 19.2 Å². The highest BCUT2D eigenvalue weighted by atomic mass is 35.5. The standard InChI is InChI=1S/C22H37ClN5O7PSi/c1-21(2,3)35-20(29)28-11-13(33-9-10-34-37(7,8)22(4,5)6)14(19(28)36(30,31)32)17-26-15-16(23)24-12-25-18(15)27-17/h12-14,19H,9-11H2,1-8H3,(H2,30,31,32)(H,24,25,26,27)/t13-,14-,19?/m0/s1. The minimum atomic E-state index is -4.90. The molecule has 37 heavy (non-hydrogen) atoms. The molecule has 12 nitrogen and oxygen atoms in total. The number of halogens is 1. The summed E-state index contributed by atoms with van der Waals surface area (Å²) < 4.78 is 30.5. The topological polar surface area (TPSA) is 160 Å². The average molecular weight is 578 g/mol. The predicted octanol–water partition coefficient (Wildman–Crippen LogP) is 4.25. The second-order valence-electron chi connectivity index (χ2n) is 11.7. The SMILES string of the molecule is CC(C)(C)OC(=O)N1C[C@H](OCCO[Si](C)(C)C(C)(C)C)[C@@H](c2nc3ncnc(Cl)c3[nH]2)C1P(=O)(O)O. The average Bonchev–Trinajstić information content (AvgIpc) is 3.31. The second-order valence-corrected chi connectivity index (χ2v) is 18.5. The molecule has 3 heterocycles. The first-order valence-electron chi connectivity index (χ1n) is 12.0. The van der Waals surface area contributed by atoms with Crippen LogP contribution in [0.25, 0.3) is 11.2 Å². The number of nitrogens with one attached hydrogen (secondary N) is 1. The first kappa shape index (κ1) is 29.9. The Morgan fingerprint density at radius 3 is 2.41 bits per heavy atom. The molecule has 3 rings (SSSR count). The second kappa shape index (κ2) is 10.5. The summed E-state index contributed by atoms with van der Waals surface area (Å²) in [6, 6.07) is 0. The van der Waals surface area contributed by atoms with Gasteiger partial charge in [-0.25, -0.2) is 19.7 Å². The van der Waals surface area contributed by atoms with Crippen molar-refractivity contribution in [3.05, 3.63) is 17.3 Å². The Kier molecular flexibility index (Phi) is 8.51. The number of hydrogen-bond acceptors (Lipinski definition) is 8. The van der Waals surface area contributed by atoms with Crippen molar-refractivity contribution in [2.24, 2.45) is 0 Å². The molecule has 0 spiro atoms. The molecule has 0 aromatic carbocycles. The van der Waals surface area contributed by atoms with Gasteiger partial charge in [-0.2, -0.15) is 0 Å². The Balaban J connectivity index is 1.95. The van der Waals surface area contributed by atoms with Gasteiger partial charge in [0.1, 0.15) is 29.1 Å². The lowest BCUT2D eigenvalue weighted by Gasteiger charge is -2.36. The summed E-state index contributed by atoms with van der Waals surface area (Å²) in [6.45, 7) is 16.0. The number of nitrogens with zero attached hydrogens (tertiary/aromatic N) is 4. The number of aromatic amines is 1. The van der Waals surface area contributed by atoms with Crippen LogP contribution in [-0.4, -0.2) is 86.3 Å². The molecular formula is C22H37ClN5O7PSi. The predicted molar refractivity (Wildman–Crippen MR) is 141 cm³/mol. The maximum Gasteiger partial charge on any atom is 0.411 e. The number of H-pyrrole nitrogens is 1. The van der Waals surface area contributed by atoms with E-state index in [9.17, 15) is 19.1 Å². The molecule has 1 saturated heterocycles. The van der Waals surface area contributed by atoms with Crippen molar-refractivity contribution >= 4 is 44.8 Å². The first-order chi connectivity index (χ1) is 16.8. The summed E-state index contributed by atoms with van der Waals surface area (Å²) >= 11 is 6.17. The van der Waals surface area contributed by atoms with E-state index in [0.29, 0.717) is 12.1 Å². The van der Waals surface area contributed by atoms with Crippen molar-refractivity contribution in [2.75, 3.05) is 19.8 Å². The molecule has 3 N–H and O–H groups in total. The van der Waals surface area contributed by atoms with Gasteiger partial charge in [-0.15, -0.1) is 0 Å². The van der Waals surface area contributed by atoms with Crippen molar-refractivity contribution in [2.45, 2.75) is 83.1 Å². The van der Waals surface area contributed by atoms with Gasteiger partial charge in [-0.05, 0) is 38.9 Å². The molecular weight excluding hydrogens is 541 g/mol. The Bertz CT molecular complexity index is 1180. The number of ether oxygens (including phenoxy) is 2. The number of hydrogen-bond donors (Lipinski definition) is 3. The number of amides is 1. The minimum Gasteiger partial charge on any atom is -0.444 e. The van der Waals surface area contributed by atoms with Crippen LogP contribution in [0.4, 0.5) is 4.79 Å². The van der Waals surface area contributed by atoms with Gasteiger partial charge in [0.2, 0.25) is 0 Å². The van der Waals surface area contributed by atoms with Crippen molar-refractivity contribution in [1.29, 1.82) is 0 Å². The van der Waals surface area contributed by atoms with Gasteiger partial charge in [-0.3, -0.25) is 9.46 Å². The van der Waals surface area contributed by atoms with E-state index in [1.54, 1.807) is 20.8 Å². The molecule has 0 bridgehead atoms. The third kappa shape index (κ3) is 6.89. The maximum absolute atomic E-state index is 13.1. The molecule has 1 aliphatic heterocycles. The van der Waals surface area contributed by atoms with Crippen LogP contribution in [0.15, 0.2) is 6.33 Å². The van der Waals surface area contributed by atoms with Crippen molar-refractivity contribution < 1.29 is 33.0 Å². The molecule has 0 aliphatic carbocycles. The van der Waals surface area contributed by atoms with E-state index in [1.807, 2.05) is 0 Å². The van der Waals surface area contributed by atoms with Crippen LogP contribution in [0, 0.1) is 0 Å². The van der Waals surface area contributed by atoms with Crippen LogP contribution in [0.2, 0.25) is 23.3 Å². The normalized spacial score (nSPS) is 21.6. The molecule has 0 saturated carbocycles. The number of rotatable bonds is 7. The lowest BCUT2D eigenvalue weighted by molar-refractivity contribution is 0.0133. The summed E-state index contributed by atoms with van der Waals surface area (Å²) in [4.78, 5) is 50.2. The zero-order valence-corrected chi connectivity index (χ0v) is 25.1. The van der Waals surface area contributed by atoms with Gasteiger partial charge in [-0.1, -0.05) is 32.4 Å². The number of carbonyl (C=O) groups is 1. The molecule has 1 aliphatic rings. The molecule has 15 heteroatoms. The van der Waals surface area contributed by atoms with Crippen LogP contribution in [0.5, 0.6) is 0 Å². The number of likely N-dealkylation sites (tertiary alicyclic amines) is 1. The number of fused-ring (bicyclic) bond motifs is 1. The zero-order chi connectivity index (χ0) is 28.0. The highest BCUT2D eigenvalue weighted by Crippen LogP contribution is 2.54. The largest absolute Gasteiger partial charge is 0.444 e. The molecule has 1 fully saturated rings. The highest BCUT2D eigenvalue weighted by Gasteiger charge is 2.56. The monoisotopic (exact) mass is 577 g/mol. The van der Waals surface area contributed by atoms with Crippen molar-refractivity contribution in [1.82, 2.24) is 24.8 Å². The molecule has 2 aromatic rings. The lowest BCUT2D eigenvalue weighted by atomic mass is 10.1. The van der Waals surface area contributed by atoms with E-state index in [2.05, 4.69) is 53.8 Å². The zero-order valence-electron chi connectivity index (χ0n) is 22.5. The van der Waals surface area contributed by atoms with Gasteiger partial charge in [0, 0.05) is 0 Å². The van der Waals surface area contributed by atoms with Gasteiger partial charge in [0.15, 0.2) is 19.1 Å². The Hall–Kier alpha value is -1.60. The van der Waals surface area contributed by atoms with E-state index in [-0.39, 0.29) is 34.8 Å². The maximum atomic E-state index is 13.1. The summed E-state index contributed by atoms with van der Waals surface area (Å²) in [7, 11) is -6.93. The first-order valence-corrected chi connectivity index (χ1v) is 16.9. The van der Waals surface area contributed by atoms with Gasteiger partial charge < -0.3 is 28.7 Å². The smallest absolute Gasteiger partial charge is 0.411 e. The van der Waals surface area contributed by atoms with Crippen LogP contribution in [-0.2, 0) is 18.5 Å². The van der Waals surface area contributed by atoms with Gasteiger partial charge in [0.05, 0.1) is 31.8 Å². The summed E-state index contributed by atoms with van der Waals surface area (Å²) in [6.07, 6.45) is -0.437. The Morgan fingerprint density at radius 2 is 1.86 bits per heavy atom. The number of carbonyl (C=O) groups excluding carboxylic acids is 1. The highest BCUT2D eigenvalue weighted by molar-refractivity contribution is 7.52. The van der Waals surface area contributed by atoms with Crippen LogP contribution in [0.3, 0.4) is 0 Å². The van der Waals surface area contributed by atoms with Gasteiger partial charge in [0.25, 0.3) is 0 Å². The van der Waals surface area contributed by atoms with Crippen LogP contribution in [0.1, 0.15) is 53.3 Å². The molecule has 1 unspecified atom stereocenters. The fourth-order valence-corrected chi connectivity index (χ4v) is 6.36. The molecule has 3 atom stereocenters. The molecule has 208 valence electrons. The quantitative estimate of drug-likeness (QED) is 0.188. The van der Waals surface area contributed by atoms with E-state index >= 15 is 0 Å². The van der Waals surface area contributed by atoms with E-state index < -0.39 is 45.4 Å². The van der Waals surface area contributed by atoms with Crippen LogP contribution < -0.4 is 0 Å². The van der Waals surface area contributed by atoms with Gasteiger partial charge >= 0.3 is 13.7 Å². The minimum absolute atomic E-state index is 0.0104. The fraction of sp³-hybridized carbons (Fsp3) is 0.727. The molecule has 1 amide bonds. The molecule has 0 radical (unpaired) electrons. The summed E-state index contributed by atoms with van der Waals surface area (Å²) in [5.74, 6) is -2.43. The fourth-order valence-electron chi connectivity index (χ4n) is 3.86. The number of aromatic nitrogens is 4. The molecule has 2 aromatic heterocycles. The number of imidazole rings is 1. The van der Waals surface area contributed by atoms with Crippen molar-refractivity contribution in [3.63, 3.8) is 0 Å². The lowest BCUT2D eigenvalue weighted by Crippen LogP contribution is -2.41. The Morgan fingerprint density at radius 1 is 1.22 bits per heavy atom.